The monoisotopic (exact) mass is 531 g/mol. The standard InChI is InChI=1S/C28H29N5O4S/c1-18-24(17-38-28-30-31-32-33(28)2)36-27(37-25(18)20-10-8-19(16-34)9-11-20)22-12-14-23(15-13-22)29-26(35)21-6-4-3-5-7-21/h3-15,18,24-25,27,34H,16-17H2,1-2H3,(H,29,35). The first-order chi connectivity index (χ1) is 18.5. The van der Waals surface area contributed by atoms with E-state index in [9.17, 15) is 9.90 Å². The molecule has 0 spiro atoms. The van der Waals surface area contributed by atoms with Crippen molar-refractivity contribution in [2.45, 2.75) is 37.2 Å². The van der Waals surface area contributed by atoms with Gasteiger partial charge in [0.1, 0.15) is 0 Å². The number of carbonyl (C=O) groups excluding carboxylic acids is 1. The maximum Gasteiger partial charge on any atom is 0.255 e. The molecule has 0 aliphatic carbocycles. The van der Waals surface area contributed by atoms with Crippen molar-refractivity contribution >= 4 is 23.4 Å². The Morgan fingerprint density at radius 3 is 2.37 bits per heavy atom. The van der Waals surface area contributed by atoms with E-state index in [1.165, 1.54) is 11.8 Å². The molecule has 1 amide bonds. The number of carbonyl (C=O) groups is 1. The molecule has 0 radical (unpaired) electrons. The normalized spacial score (nSPS) is 21.2. The number of thioether (sulfide) groups is 1. The van der Waals surface area contributed by atoms with E-state index >= 15 is 0 Å². The largest absolute Gasteiger partial charge is 0.392 e. The van der Waals surface area contributed by atoms with Gasteiger partial charge in [0.2, 0.25) is 5.16 Å². The fourth-order valence-electron chi connectivity index (χ4n) is 4.33. The van der Waals surface area contributed by atoms with Crippen molar-refractivity contribution in [1.29, 1.82) is 0 Å². The molecular formula is C28H29N5O4S. The first-order valence-corrected chi connectivity index (χ1v) is 13.3. The Hall–Kier alpha value is -3.57. The molecule has 3 aromatic carbocycles. The number of nitrogens with zero attached hydrogens (tertiary/aromatic N) is 4. The number of aliphatic hydroxyl groups excluding tert-OH is 1. The number of benzene rings is 3. The molecule has 9 nitrogen and oxygen atoms in total. The first kappa shape index (κ1) is 26.1. The molecule has 1 aliphatic heterocycles. The molecule has 5 rings (SSSR count). The Morgan fingerprint density at radius 1 is 1.00 bits per heavy atom. The summed E-state index contributed by atoms with van der Waals surface area (Å²) in [5.41, 5.74) is 4.00. The zero-order valence-electron chi connectivity index (χ0n) is 21.1. The number of aromatic nitrogens is 4. The average Bonchev–Trinajstić information content (AvgIpc) is 3.38. The van der Waals surface area contributed by atoms with Gasteiger partial charge in [-0.25, -0.2) is 4.68 Å². The van der Waals surface area contributed by atoms with Crippen LogP contribution in [0.5, 0.6) is 0 Å². The van der Waals surface area contributed by atoms with Crippen LogP contribution in [-0.2, 0) is 23.1 Å². The summed E-state index contributed by atoms with van der Waals surface area (Å²) < 4.78 is 14.6. The Morgan fingerprint density at radius 2 is 1.71 bits per heavy atom. The predicted molar refractivity (Wildman–Crippen MR) is 143 cm³/mol. The van der Waals surface area contributed by atoms with Crippen LogP contribution in [0.3, 0.4) is 0 Å². The van der Waals surface area contributed by atoms with Crippen LogP contribution >= 0.6 is 11.8 Å². The maximum absolute atomic E-state index is 12.5. The molecule has 4 unspecified atom stereocenters. The summed E-state index contributed by atoms with van der Waals surface area (Å²) in [5, 5.41) is 24.8. The number of hydrogen-bond acceptors (Lipinski definition) is 8. The predicted octanol–water partition coefficient (Wildman–Crippen LogP) is 4.54. The van der Waals surface area contributed by atoms with Crippen LogP contribution in [0.15, 0.2) is 84.0 Å². The van der Waals surface area contributed by atoms with E-state index < -0.39 is 6.29 Å². The van der Waals surface area contributed by atoms with E-state index in [-0.39, 0.29) is 30.6 Å². The third-order valence-corrected chi connectivity index (χ3v) is 7.66. The topological polar surface area (TPSA) is 111 Å². The summed E-state index contributed by atoms with van der Waals surface area (Å²) >= 11 is 1.54. The molecule has 2 heterocycles. The van der Waals surface area contributed by atoms with Crippen LogP contribution in [0.25, 0.3) is 0 Å². The van der Waals surface area contributed by atoms with E-state index in [1.54, 1.807) is 16.8 Å². The van der Waals surface area contributed by atoms with Gasteiger partial charge in [0.25, 0.3) is 5.91 Å². The van der Waals surface area contributed by atoms with Gasteiger partial charge in [-0.2, -0.15) is 0 Å². The summed E-state index contributed by atoms with van der Waals surface area (Å²) in [6, 6.07) is 24.4. The summed E-state index contributed by atoms with van der Waals surface area (Å²) in [6.45, 7) is 2.11. The van der Waals surface area contributed by atoms with Crippen LogP contribution in [0.1, 0.15) is 46.4 Å². The van der Waals surface area contributed by atoms with Crippen molar-refractivity contribution < 1.29 is 19.4 Å². The number of ether oxygens (including phenoxy) is 2. The van der Waals surface area contributed by atoms with Crippen LogP contribution < -0.4 is 5.32 Å². The number of nitrogens with one attached hydrogen (secondary N) is 1. The number of anilines is 1. The Labute approximate surface area is 225 Å². The molecule has 0 bridgehead atoms. The fraction of sp³-hybridized carbons (Fsp3) is 0.286. The van der Waals surface area contributed by atoms with Gasteiger partial charge < -0.3 is 19.9 Å². The summed E-state index contributed by atoms with van der Waals surface area (Å²) in [6.07, 6.45) is -0.964. The van der Waals surface area contributed by atoms with Gasteiger partial charge >= 0.3 is 0 Å². The number of aliphatic hydroxyl groups is 1. The van der Waals surface area contributed by atoms with E-state index in [0.717, 1.165) is 16.7 Å². The minimum atomic E-state index is -0.601. The van der Waals surface area contributed by atoms with E-state index in [1.807, 2.05) is 73.8 Å². The fourth-order valence-corrected chi connectivity index (χ4v) is 5.34. The minimum absolute atomic E-state index is 0.00868. The van der Waals surface area contributed by atoms with Crippen molar-refractivity contribution in [3.63, 3.8) is 0 Å². The molecule has 196 valence electrons. The molecule has 0 saturated carbocycles. The second-order valence-electron chi connectivity index (χ2n) is 9.16. The van der Waals surface area contributed by atoms with Crippen LogP contribution in [0.2, 0.25) is 0 Å². The highest BCUT2D eigenvalue weighted by atomic mass is 32.2. The summed E-state index contributed by atoms with van der Waals surface area (Å²) in [4.78, 5) is 12.5. The molecule has 2 N–H and O–H groups in total. The van der Waals surface area contributed by atoms with Gasteiger partial charge in [-0.1, -0.05) is 73.3 Å². The minimum Gasteiger partial charge on any atom is -0.392 e. The van der Waals surface area contributed by atoms with Crippen molar-refractivity contribution in [1.82, 2.24) is 20.2 Å². The Bertz CT molecular complexity index is 1350. The molecule has 1 saturated heterocycles. The maximum atomic E-state index is 12.5. The number of rotatable bonds is 8. The average molecular weight is 532 g/mol. The molecular weight excluding hydrogens is 502 g/mol. The molecule has 1 aliphatic rings. The van der Waals surface area contributed by atoms with Gasteiger partial charge in [-0.3, -0.25) is 4.79 Å². The zero-order chi connectivity index (χ0) is 26.5. The molecule has 10 heteroatoms. The van der Waals surface area contributed by atoms with Crippen molar-refractivity contribution in [3.05, 3.63) is 101 Å². The lowest BCUT2D eigenvalue weighted by Crippen LogP contribution is -2.38. The lowest BCUT2D eigenvalue weighted by Gasteiger charge is -2.41. The first-order valence-electron chi connectivity index (χ1n) is 12.3. The number of aryl methyl sites for hydroxylation is 1. The molecule has 1 aromatic heterocycles. The number of amides is 1. The van der Waals surface area contributed by atoms with E-state index in [0.29, 0.717) is 22.2 Å². The van der Waals surface area contributed by atoms with Gasteiger partial charge in [0.15, 0.2) is 6.29 Å². The van der Waals surface area contributed by atoms with E-state index in [4.69, 9.17) is 9.47 Å². The number of hydrogen-bond donors (Lipinski definition) is 2. The number of tetrazole rings is 1. The molecule has 1 fully saturated rings. The lowest BCUT2D eigenvalue weighted by molar-refractivity contribution is -0.268. The molecule has 4 aromatic rings. The smallest absolute Gasteiger partial charge is 0.255 e. The SMILES string of the molecule is CC1C(CSc2nnnn2C)OC(c2ccc(NC(=O)c3ccccc3)cc2)OC1c1ccc(CO)cc1. The van der Waals surface area contributed by atoms with Crippen molar-refractivity contribution in [2.24, 2.45) is 13.0 Å². The Kier molecular flexibility index (Phi) is 8.14. The molecule has 4 atom stereocenters. The third kappa shape index (κ3) is 5.94. The second kappa shape index (κ2) is 11.9. The van der Waals surface area contributed by atoms with E-state index in [2.05, 4.69) is 27.8 Å². The van der Waals surface area contributed by atoms with Gasteiger partial charge in [0.05, 0.1) is 18.8 Å². The van der Waals surface area contributed by atoms with Gasteiger partial charge in [-0.05, 0) is 45.8 Å². The lowest BCUT2D eigenvalue weighted by atomic mass is 9.91. The van der Waals surface area contributed by atoms with Crippen LogP contribution in [0.4, 0.5) is 5.69 Å². The van der Waals surface area contributed by atoms with Gasteiger partial charge in [-0.15, -0.1) is 5.10 Å². The second-order valence-corrected chi connectivity index (χ2v) is 10.1. The highest BCUT2D eigenvalue weighted by Gasteiger charge is 2.38. The van der Waals surface area contributed by atoms with Crippen LogP contribution in [-0.4, -0.2) is 43.1 Å². The van der Waals surface area contributed by atoms with Crippen molar-refractivity contribution in [3.8, 4) is 0 Å². The molecule has 38 heavy (non-hydrogen) atoms. The Balaban J connectivity index is 1.34. The quantitative estimate of drug-likeness (QED) is 0.319. The van der Waals surface area contributed by atoms with Gasteiger partial charge in [0, 0.05) is 35.5 Å². The highest BCUT2D eigenvalue weighted by Crippen LogP contribution is 2.43. The summed E-state index contributed by atoms with van der Waals surface area (Å²) in [7, 11) is 1.81. The highest BCUT2D eigenvalue weighted by molar-refractivity contribution is 7.99. The van der Waals surface area contributed by atoms with Crippen LogP contribution in [0, 0.1) is 5.92 Å². The third-order valence-electron chi connectivity index (χ3n) is 6.56. The van der Waals surface area contributed by atoms with Crippen molar-refractivity contribution in [2.75, 3.05) is 11.1 Å². The summed E-state index contributed by atoms with van der Waals surface area (Å²) in [5.74, 6) is 0.523. The zero-order valence-corrected chi connectivity index (χ0v) is 21.9.